The summed E-state index contributed by atoms with van der Waals surface area (Å²) in [5.74, 6) is 0.0288. The number of pyridine rings is 1. The van der Waals surface area contributed by atoms with Crippen LogP contribution in [0.25, 0.3) is 10.8 Å². The molecule has 1 aromatic carbocycles. The third-order valence-electron chi connectivity index (χ3n) is 4.41. The summed E-state index contributed by atoms with van der Waals surface area (Å²) in [7, 11) is 0. The van der Waals surface area contributed by atoms with Crippen LogP contribution in [0.1, 0.15) is 33.9 Å². The van der Waals surface area contributed by atoms with Gasteiger partial charge in [0.25, 0.3) is 5.91 Å². The molecule has 4 rings (SSSR count). The third kappa shape index (κ3) is 2.03. The number of hydrogen-bond donors (Lipinski definition) is 0. The Labute approximate surface area is 133 Å². The first-order chi connectivity index (χ1) is 10.8. The van der Waals surface area contributed by atoms with Crippen LogP contribution in [0.5, 0.6) is 0 Å². The highest BCUT2D eigenvalue weighted by Gasteiger charge is 2.30. The van der Waals surface area contributed by atoms with Crippen LogP contribution in [0.3, 0.4) is 0 Å². The number of hydrogen-bond acceptors (Lipinski definition) is 3. The molecule has 3 aromatic rings. The van der Waals surface area contributed by atoms with E-state index in [9.17, 15) is 4.79 Å². The summed E-state index contributed by atoms with van der Waals surface area (Å²) in [4.78, 5) is 20.7. The van der Waals surface area contributed by atoms with E-state index in [1.54, 1.807) is 17.5 Å². The van der Waals surface area contributed by atoms with E-state index in [4.69, 9.17) is 0 Å². The van der Waals surface area contributed by atoms with Crippen LogP contribution in [-0.4, -0.2) is 22.3 Å². The average molecular weight is 308 g/mol. The third-order valence-corrected chi connectivity index (χ3v) is 5.41. The molecule has 3 heterocycles. The first kappa shape index (κ1) is 13.5. The molecule has 0 aliphatic carbocycles. The number of nitrogens with zero attached hydrogens (tertiary/aromatic N) is 2. The van der Waals surface area contributed by atoms with Gasteiger partial charge in [0.05, 0.1) is 6.04 Å². The monoisotopic (exact) mass is 308 g/mol. The van der Waals surface area contributed by atoms with Crippen LogP contribution in [0, 0.1) is 0 Å². The van der Waals surface area contributed by atoms with E-state index in [-0.39, 0.29) is 11.9 Å². The quantitative estimate of drug-likeness (QED) is 0.679. The summed E-state index contributed by atoms with van der Waals surface area (Å²) in [6.45, 7) is 2.87. The molecule has 0 fully saturated rings. The van der Waals surface area contributed by atoms with Gasteiger partial charge in [0.2, 0.25) is 0 Å². The number of benzene rings is 1. The van der Waals surface area contributed by atoms with Crippen molar-refractivity contribution in [1.29, 1.82) is 0 Å². The van der Waals surface area contributed by atoms with Crippen LogP contribution >= 0.6 is 11.3 Å². The molecule has 2 aromatic heterocycles. The average Bonchev–Trinajstić information content (AvgIpc) is 3.04. The largest absolute Gasteiger partial charge is 0.330 e. The van der Waals surface area contributed by atoms with Gasteiger partial charge >= 0.3 is 0 Å². The summed E-state index contributed by atoms with van der Waals surface area (Å²) >= 11 is 1.79. The molecule has 1 unspecified atom stereocenters. The summed E-state index contributed by atoms with van der Waals surface area (Å²) < 4.78 is 0. The van der Waals surface area contributed by atoms with Gasteiger partial charge in [0.1, 0.15) is 5.69 Å². The molecule has 1 atom stereocenters. The maximum Gasteiger partial charge on any atom is 0.273 e. The normalized spacial score (nSPS) is 17.5. The van der Waals surface area contributed by atoms with Gasteiger partial charge in [0.15, 0.2) is 0 Å². The van der Waals surface area contributed by atoms with Gasteiger partial charge in [-0.05, 0) is 41.8 Å². The zero-order valence-corrected chi connectivity index (χ0v) is 13.1. The molecule has 1 aliphatic rings. The SMILES string of the molecule is CC1c2ccsc2CCN1C(=O)c1nccc2ccccc12. The molecule has 0 N–H and O–H groups in total. The second-order valence-electron chi connectivity index (χ2n) is 5.60. The lowest BCUT2D eigenvalue weighted by Crippen LogP contribution is -2.38. The molecular formula is C18H16N2OS. The van der Waals surface area contributed by atoms with Crippen LogP contribution in [0.2, 0.25) is 0 Å². The van der Waals surface area contributed by atoms with Crippen molar-refractivity contribution < 1.29 is 4.79 Å². The number of amides is 1. The smallest absolute Gasteiger partial charge is 0.273 e. The van der Waals surface area contributed by atoms with E-state index in [2.05, 4.69) is 23.4 Å². The lowest BCUT2D eigenvalue weighted by molar-refractivity contribution is 0.0675. The predicted molar refractivity (Wildman–Crippen MR) is 89.2 cm³/mol. The van der Waals surface area contributed by atoms with Gasteiger partial charge in [-0.15, -0.1) is 11.3 Å². The Morgan fingerprint density at radius 1 is 1.27 bits per heavy atom. The first-order valence-electron chi connectivity index (χ1n) is 7.46. The molecule has 3 nitrogen and oxygen atoms in total. The Balaban J connectivity index is 1.75. The van der Waals surface area contributed by atoms with Gasteiger partial charge in [-0.2, -0.15) is 0 Å². The summed E-state index contributed by atoms with van der Waals surface area (Å²) in [5.41, 5.74) is 1.84. The Bertz CT molecular complexity index is 850. The highest BCUT2D eigenvalue weighted by Crippen LogP contribution is 2.34. The van der Waals surface area contributed by atoms with Crippen LogP contribution in [0.15, 0.2) is 48.0 Å². The molecule has 4 heteroatoms. The highest BCUT2D eigenvalue weighted by molar-refractivity contribution is 7.10. The topological polar surface area (TPSA) is 33.2 Å². The Morgan fingerprint density at radius 3 is 3.05 bits per heavy atom. The Morgan fingerprint density at radius 2 is 2.14 bits per heavy atom. The zero-order valence-electron chi connectivity index (χ0n) is 12.3. The van der Waals surface area contributed by atoms with E-state index < -0.39 is 0 Å². The molecule has 0 spiro atoms. The van der Waals surface area contributed by atoms with Crippen molar-refractivity contribution >= 4 is 28.0 Å². The molecule has 0 radical (unpaired) electrons. The molecule has 0 saturated heterocycles. The van der Waals surface area contributed by atoms with E-state index in [1.807, 2.05) is 35.2 Å². The number of rotatable bonds is 1. The van der Waals surface area contributed by atoms with Crippen molar-refractivity contribution in [2.45, 2.75) is 19.4 Å². The standard InChI is InChI=1S/C18H16N2OS/c1-12-14-8-11-22-16(14)7-10-20(12)18(21)17-15-5-3-2-4-13(15)6-9-19-17/h2-6,8-9,11-12H,7,10H2,1H3. The van der Waals surface area contributed by atoms with Crippen LogP contribution in [-0.2, 0) is 6.42 Å². The van der Waals surface area contributed by atoms with Crippen molar-refractivity contribution in [3.05, 3.63) is 64.1 Å². The Hall–Kier alpha value is -2.20. The number of thiophene rings is 1. The van der Waals surface area contributed by atoms with Crippen molar-refractivity contribution in [3.8, 4) is 0 Å². The van der Waals surface area contributed by atoms with Crippen molar-refractivity contribution in [1.82, 2.24) is 9.88 Å². The maximum absolute atomic E-state index is 13.0. The molecule has 0 saturated carbocycles. The van der Waals surface area contributed by atoms with Gasteiger partial charge in [-0.1, -0.05) is 24.3 Å². The maximum atomic E-state index is 13.0. The number of fused-ring (bicyclic) bond motifs is 2. The van der Waals surface area contributed by atoms with Gasteiger partial charge < -0.3 is 4.90 Å². The molecule has 22 heavy (non-hydrogen) atoms. The molecule has 110 valence electrons. The zero-order chi connectivity index (χ0) is 15.1. The number of carbonyl (C=O) groups excluding carboxylic acids is 1. The van der Waals surface area contributed by atoms with Crippen molar-refractivity contribution in [3.63, 3.8) is 0 Å². The summed E-state index contributed by atoms with van der Waals surface area (Å²) in [6, 6.07) is 12.1. The van der Waals surface area contributed by atoms with Gasteiger partial charge in [-0.25, -0.2) is 0 Å². The fraction of sp³-hybridized carbons (Fsp3) is 0.222. The van der Waals surface area contributed by atoms with Gasteiger partial charge in [0, 0.05) is 23.0 Å². The summed E-state index contributed by atoms with van der Waals surface area (Å²) in [6.07, 6.45) is 2.66. The molecule has 1 amide bonds. The summed E-state index contributed by atoms with van der Waals surface area (Å²) in [5, 5.41) is 4.10. The molecule has 1 aliphatic heterocycles. The van der Waals surface area contributed by atoms with Crippen LogP contribution < -0.4 is 0 Å². The molecular weight excluding hydrogens is 292 g/mol. The number of carbonyl (C=O) groups is 1. The van der Waals surface area contributed by atoms with E-state index in [0.717, 1.165) is 23.7 Å². The van der Waals surface area contributed by atoms with Crippen molar-refractivity contribution in [2.75, 3.05) is 6.54 Å². The first-order valence-corrected chi connectivity index (χ1v) is 8.34. The fourth-order valence-electron chi connectivity index (χ4n) is 3.21. The van der Waals surface area contributed by atoms with Crippen molar-refractivity contribution in [2.24, 2.45) is 0 Å². The lowest BCUT2D eigenvalue weighted by Gasteiger charge is -2.33. The second-order valence-corrected chi connectivity index (χ2v) is 6.61. The minimum atomic E-state index is 0.0288. The van der Waals surface area contributed by atoms with Crippen LogP contribution in [0.4, 0.5) is 0 Å². The second kappa shape index (κ2) is 5.21. The van der Waals surface area contributed by atoms with E-state index >= 15 is 0 Å². The molecule has 0 bridgehead atoms. The lowest BCUT2D eigenvalue weighted by atomic mass is 10.0. The van der Waals surface area contributed by atoms with Gasteiger partial charge in [-0.3, -0.25) is 9.78 Å². The highest BCUT2D eigenvalue weighted by atomic mass is 32.1. The fourth-order valence-corrected chi connectivity index (χ4v) is 4.18. The minimum absolute atomic E-state index is 0.0288. The predicted octanol–water partition coefficient (Wildman–Crippen LogP) is 4.06. The van der Waals surface area contributed by atoms with E-state index in [0.29, 0.717) is 5.69 Å². The Kier molecular flexibility index (Phi) is 3.19. The number of aromatic nitrogens is 1. The van der Waals surface area contributed by atoms with E-state index in [1.165, 1.54) is 10.4 Å². The minimum Gasteiger partial charge on any atom is -0.330 e.